The molecule has 82 valence electrons. The lowest BCUT2D eigenvalue weighted by Gasteiger charge is -2.16. The van der Waals surface area contributed by atoms with Crippen LogP contribution in [0, 0.1) is 11.8 Å². The first-order valence-corrected chi connectivity index (χ1v) is 5.83. The van der Waals surface area contributed by atoms with Crippen LogP contribution in [0.5, 0.6) is 0 Å². The van der Waals surface area contributed by atoms with Crippen molar-refractivity contribution in [2.75, 3.05) is 0 Å². The molecule has 15 heavy (non-hydrogen) atoms. The summed E-state index contributed by atoms with van der Waals surface area (Å²) < 4.78 is 0. The summed E-state index contributed by atoms with van der Waals surface area (Å²) in [6.45, 7) is 14.0. The summed E-state index contributed by atoms with van der Waals surface area (Å²) in [6.07, 6.45) is 11.0. The minimum absolute atomic E-state index is 0.521. The van der Waals surface area contributed by atoms with Gasteiger partial charge in [-0.15, -0.1) is 13.2 Å². The number of hydrogen-bond donors (Lipinski definition) is 0. The van der Waals surface area contributed by atoms with Gasteiger partial charge in [0.05, 0.1) is 0 Å². The van der Waals surface area contributed by atoms with E-state index in [1.54, 1.807) is 0 Å². The largest absolute Gasteiger partial charge is 0.103 e. The average Bonchev–Trinajstić information content (AvgIpc) is 2.67. The van der Waals surface area contributed by atoms with Crippen molar-refractivity contribution in [1.82, 2.24) is 0 Å². The third-order valence-electron chi connectivity index (χ3n) is 3.37. The summed E-state index contributed by atoms with van der Waals surface area (Å²) in [4.78, 5) is 0. The van der Waals surface area contributed by atoms with E-state index in [1.165, 1.54) is 11.1 Å². The Bertz CT molecular complexity index is 280. The molecule has 0 nitrogen and oxygen atoms in total. The quantitative estimate of drug-likeness (QED) is 0.549. The Morgan fingerprint density at radius 1 is 1.47 bits per heavy atom. The van der Waals surface area contributed by atoms with E-state index >= 15 is 0 Å². The minimum atomic E-state index is 0.521. The zero-order valence-electron chi connectivity index (χ0n) is 9.84. The summed E-state index contributed by atoms with van der Waals surface area (Å²) >= 11 is 0. The van der Waals surface area contributed by atoms with Crippen LogP contribution in [0.25, 0.3) is 0 Å². The second kappa shape index (κ2) is 5.75. The summed E-state index contributed by atoms with van der Waals surface area (Å²) in [5, 5.41) is 0. The maximum Gasteiger partial charge on any atom is 0.00399 e. The second-order valence-electron chi connectivity index (χ2n) is 4.28. The molecule has 1 aliphatic rings. The van der Waals surface area contributed by atoms with Crippen molar-refractivity contribution in [3.63, 3.8) is 0 Å². The highest BCUT2D eigenvalue weighted by atomic mass is 14.3. The molecule has 0 aliphatic heterocycles. The fraction of sp³-hybridized carbons (Fsp3) is 0.467. The van der Waals surface area contributed by atoms with E-state index in [4.69, 9.17) is 0 Å². The molecule has 1 rings (SSSR count). The Kier molecular flexibility index (Phi) is 4.61. The van der Waals surface area contributed by atoms with Gasteiger partial charge in [0.1, 0.15) is 0 Å². The monoisotopic (exact) mass is 202 g/mol. The molecule has 0 aromatic rings. The van der Waals surface area contributed by atoms with Gasteiger partial charge in [0.2, 0.25) is 0 Å². The fourth-order valence-electron chi connectivity index (χ4n) is 2.18. The smallest absolute Gasteiger partial charge is 0.00399 e. The Morgan fingerprint density at radius 3 is 2.73 bits per heavy atom. The van der Waals surface area contributed by atoms with E-state index in [1.807, 2.05) is 0 Å². The van der Waals surface area contributed by atoms with Crippen LogP contribution in [0.15, 0.2) is 49.1 Å². The molecule has 0 saturated heterocycles. The molecule has 0 spiro atoms. The Balaban J connectivity index is 2.52. The molecule has 0 amide bonds. The van der Waals surface area contributed by atoms with Crippen molar-refractivity contribution in [3.8, 4) is 0 Å². The lowest BCUT2D eigenvalue weighted by atomic mass is 9.88. The molecule has 0 saturated carbocycles. The lowest BCUT2D eigenvalue weighted by Crippen LogP contribution is -2.06. The van der Waals surface area contributed by atoms with Crippen LogP contribution in [0.1, 0.15) is 32.6 Å². The van der Waals surface area contributed by atoms with Crippen LogP contribution in [0.3, 0.4) is 0 Å². The van der Waals surface area contributed by atoms with Crippen LogP contribution in [-0.4, -0.2) is 0 Å². The van der Waals surface area contributed by atoms with Gasteiger partial charge in [0.15, 0.2) is 0 Å². The van der Waals surface area contributed by atoms with Gasteiger partial charge < -0.3 is 0 Å². The average molecular weight is 202 g/mol. The summed E-state index contributed by atoms with van der Waals surface area (Å²) in [7, 11) is 0. The van der Waals surface area contributed by atoms with Gasteiger partial charge in [-0.05, 0) is 31.6 Å². The van der Waals surface area contributed by atoms with Crippen molar-refractivity contribution >= 4 is 0 Å². The Hall–Kier alpha value is -1.04. The zero-order chi connectivity index (χ0) is 11.3. The van der Waals surface area contributed by atoms with Gasteiger partial charge in [-0.1, -0.05) is 42.9 Å². The summed E-state index contributed by atoms with van der Waals surface area (Å²) in [5.41, 5.74) is 2.88. The van der Waals surface area contributed by atoms with Crippen molar-refractivity contribution < 1.29 is 0 Å². The molecule has 0 aromatic heterocycles. The van der Waals surface area contributed by atoms with Crippen molar-refractivity contribution in [3.05, 3.63) is 49.1 Å². The van der Waals surface area contributed by atoms with Crippen molar-refractivity contribution in [2.24, 2.45) is 11.8 Å². The van der Waals surface area contributed by atoms with Gasteiger partial charge in [-0.3, -0.25) is 0 Å². The van der Waals surface area contributed by atoms with Gasteiger partial charge in [0.25, 0.3) is 0 Å². The Morgan fingerprint density at radius 2 is 2.20 bits per heavy atom. The molecule has 0 heterocycles. The fourth-order valence-corrected chi connectivity index (χ4v) is 2.18. The van der Waals surface area contributed by atoms with E-state index in [9.17, 15) is 0 Å². The van der Waals surface area contributed by atoms with E-state index in [2.05, 4.69) is 44.9 Å². The first-order valence-electron chi connectivity index (χ1n) is 5.83. The van der Waals surface area contributed by atoms with Gasteiger partial charge in [0, 0.05) is 5.92 Å². The highest BCUT2D eigenvalue weighted by molar-refractivity contribution is 5.23. The molecular weight excluding hydrogens is 180 g/mol. The van der Waals surface area contributed by atoms with Crippen LogP contribution in [-0.2, 0) is 0 Å². The molecule has 1 aliphatic carbocycles. The lowest BCUT2D eigenvalue weighted by molar-refractivity contribution is 0.571. The molecule has 0 heteroatoms. The van der Waals surface area contributed by atoms with E-state index in [0.29, 0.717) is 11.8 Å². The van der Waals surface area contributed by atoms with Gasteiger partial charge >= 0.3 is 0 Å². The molecule has 0 fully saturated rings. The van der Waals surface area contributed by atoms with Gasteiger partial charge in [-0.25, -0.2) is 0 Å². The predicted octanol–water partition coefficient (Wildman–Crippen LogP) is 4.67. The number of rotatable bonds is 6. The first-order chi connectivity index (χ1) is 7.22. The minimum Gasteiger partial charge on any atom is -0.103 e. The van der Waals surface area contributed by atoms with E-state index < -0.39 is 0 Å². The molecule has 0 radical (unpaired) electrons. The molecular formula is C15H22. The highest BCUT2D eigenvalue weighted by Crippen LogP contribution is 2.36. The van der Waals surface area contributed by atoms with Gasteiger partial charge in [-0.2, -0.15) is 0 Å². The predicted molar refractivity (Wildman–Crippen MR) is 68.7 cm³/mol. The molecule has 2 unspecified atom stereocenters. The molecule has 0 bridgehead atoms. The van der Waals surface area contributed by atoms with Crippen molar-refractivity contribution in [1.29, 1.82) is 0 Å². The molecule has 0 aromatic carbocycles. The van der Waals surface area contributed by atoms with Crippen LogP contribution in [0.2, 0.25) is 0 Å². The zero-order valence-corrected chi connectivity index (χ0v) is 9.84. The van der Waals surface area contributed by atoms with Crippen LogP contribution >= 0.6 is 0 Å². The molecule has 0 N–H and O–H groups in total. The third-order valence-corrected chi connectivity index (χ3v) is 3.37. The summed E-state index contributed by atoms with van der Waals surface area (Å²) in [5.74, 6) is 1.10. The normalized spacial score (nSPS) is 24.7. The highest BCUT2D eigenvalue weighted by Gasteiger charge is 2.24. The maximum atomic E-state index is 4.05. The first kappa shape index (κ1) is 12.0. The van der Waals surface area contributed by atoms with Crippen LogP contribution < -0.4 is 0 Å². The van der Waals surface area contributed by atoms with E-state index in [-0.39, 0.29) is 0 Å². The SMILES string of the molecule is C=CC1CC=C(CCC(=C)CC)C1C=C. The second-order valence-corrected chi connectivity index (χ2v) is 4.28. The third kappa shape index (κ3) is 2.95. The van der Waals surface area contributed by atoms with E-state index in [0.717, 1.165) is 25.7 Å². The molecule has 2 atom stereocenters. The van der Waals surface area contributed by atoms with Crippen LogP contribution in [0.4, 0.5) is 0 Å². The Labute approximate surface area is 94.1 Å². The number of allylic oxidation sites excluding steroid dienone is 5. The summed E-state index contributed by atoms with van der Waals surface area (Å²) in [6, 6.07) is 0. The standard InChI is InChI=1S/C15H22/c1-5-12(4)8-9-14-11-10-13(6-2)15(14)7-3/h6-7,11,13,15H,2-5,8-10H2,1H3. The topological polar surface area (TPSA) is 0 Å². The maximum absolute atomic E-state index is 4.05. The number of hydrogen-bond acceptors (Lipinski definition) is 0. The van der Waals surface area contributed by atoms with Crippen molar-refractivity contribution in [2.45, 2.75) is 32.6 Å².